The normalized spacial score (nSPS) is 23.4. The lowest BCUT2D eigenvalue weighted by atomic mass is 10.1. The van der Waals surface area contributed by atoms with Gasteiger partial charge in [0, 0.05) is 56.1 Å². The van der Waals surface area contributed by atoms with Crippen molar-refractivity contribution in [2.75, 3.05) is 39.3 Å². The first-order valence-electron chi connectivity index (χ1n) is 11.3. The number of hydrogen-bond donors (Lipinski definition) is 2. The first-order valence-corrected chi connectivity index (χ1v) is 12.2. The minimum Gasteiger partial charge on any atom is -0.357 e. The van der Waals surface area contributed by atoms with Gasteiger partial charge in [0.25, 0.3) is 0 Å². The quantitative estimate of drug-likeness (QED) is 0.551. The van der Waals surface area contributed by atoms with Crippen molar-refractivity contribution in [3.8, 4) is 0 Å². The SMILES string of the molecule is CCNC(=NCCN1CCc2sccc2C1)NC1CCN(C(=O)C2CCCC2)C1. The molecular weight excluding hydrogens is 382 g/mol. The molecule has 2 fully saturated rings. The van der Waals surface area contributed by atoms with Gasteiger partial charge in [0.1, 0.15) is 0 Å². The van der Waals surface area contributed by atoms with Crippen LogP contribution in [0.25, 0.3) is 0 Å². The molecule has 0 spiro atoms. The molecule has 1 saturated carbocycles. The van der Waals surface area contributed by atoms with Crippen LogP contribution in [0.15, 0.2) is 16.4 Å². The van der Waals surface area contributed by atoms with Crippen LogP contribution in [0.5, 0.6) is 0 Å². The van der Waals surface area contributed by atoms with Gasteiger partial charge in [-0.2, -0.15) is 0 Å². The van der Waals surface area contributed by atoms with Gasteiger partial charge in [-0.25, -0.2) is 0 Å². The summed E-state index contributed by atoms with van der Waals surface area (Å²) in [7, 11) is 0. The fourth-order valence-electron chi connectivity index (χ4n) is 4.82. The second kappa shape index (κ2) is 9.94. The Morgan fingerprint density at radius 2 is 2.14 bits per heavy atom. The average Bonchev–Trinajstić information content (AvgIpc) is 3.48. The van der Waals surface area contributed by atoms with E-state index in [9.17, 15) is 4.79 Å². The number of amides is 1. The second-order valence-corrected chi connectivity index (χ2v) is 9.55. The molecule has 2 aliphatic heterocycles. The van der Waals surface area contributed by atoms with Crippen LogP contribution in [0.1, 0.15) is 49.5 Å². The van der Waals surface area contributed by atoms with E-state index in [1.807, 2.05) is 11.3 Å². The molecule has 1 saturated heterocycles. The van der Waals surface area contributed by atoms with Gasteiger partial charge in [0.2, 0.25) is 5.91 Å². The van der Waals surface area contributed by atoms with Crippen molar-refractivity contribution in [3.05, 3.63) is 21.9 Å². The van der Waals surface area contributed by atoms with E-state index in [0.29, 0.717) is 11.9 Å². The van der Waals surface area contributed by atoms with Crippen LogP contribution in [-0.2, 0) is 17.8 Å². The minimum absolute atomic E-state index is 0.281. The molecule has 160 valence electrons. The molecule has 4 rings (SSSR count). The Balaban J connectivity index is 1.24. The van der Waals surface area contributed by atoms with Crippen LogP contribution in [-0.4, -0.2) is 67.0 Å². The third-order valence-corrected chi connectivity index (χ3v) is 7.49. The van der Waals surface area contributed by atoms with Crippen molar-refractivity contribution >= 4 is 23.2 Å². The van der Waals surface area contributed by atoms with E-state index in [2.05, 4.69) is 38.8 Å². The summed E-state index contributed by atoms with van der Waals surface area (Å²) < 4.78 is 0. The molecule has 7 heteroatoms. The Hall–Kier alpha value is -1.60. The Morgan fingerprint density at radius 3 is 2.97 bits per heavy atom. The molecule has 0 aromatic carbocycles. The molecule has 1 aliphatic carbocycles. The number of carbonyl (C=O) groups excluding carboxylic acids is 1. The maximum atomic E-state index is 12.7. The molecule has 3 heterocycles. The summed E-state index contributed by atoms with van der Waals surface area (Å²) in [6.45, 7) is 8.62. The van der Waals surface area contributed by atoms with Gasteiger partial charge in [0.15, 0.2) is 5.96 Å². The maximum Gasteiger partial charge on any atom is 0.225 e. The topological polar surface area (TPSA) is 60.0 Å². The van der Waals surface area contributed by atoms with Gasteiger partial charge >= 0.3 is 0 Å². The summed E-state index contributed by atoms with van der Waals surface area (Å²) in [6.07, 6.45) is 6.78. The van der Waals surface area contributed by atoms with E-state index in [-0.39, 0.29) is 5.92 Å². The van der Waals surface area contributed by atoms with Crippen molar-refractivity contribution in [1.29, 1.82) is 0 Å². The first-order chi connectivity index (χ1) is 14.2. The van der Waals surface area contributed by atoms with E-state index >= 15 is 0 Å². The number of thiophene rings is 1. The lowest BCUT2D eigenvalue weighted by Gasteiger charge is -2.26. The van der Waals surface area contributed by atoms with Crippen LogP contribution < -0.4 is 10.6 Å². The van der Waals surface area contributed by atoms with Crippen LogP contribution in [0.4, 0.5) is 0 Å². The predicted octanol–water partition coefficient (Wildman–Crippen LogP) is 2.45. The smallest absolute Gasteiger partial charge is 0.225 e. The van der Waals surface area contributed by atoms with Gasteiger partial charge in [0.05, 0.1) is 6.54 Å². The van der Waals surface area contributed by atoms with E-state index in [1.54, 1.807) is 4.88 Å². The van der Waals surface area contributed by atoms with Crippen molar-refractivity contribution < 1.29 is 4.79 Å². The number of nitrogens with zero attached hydrogens (tertiary/aromatic N) is 3. The van der Waals surface area contributed by atoms with Gasteiger partial charge in [-0.15, -0.1) is 11.3 Å². The van der Waals surface area contributed by atoms with Gasteiger partial charge in [-0.05, 0) is 49.6 Å². The van der Waals surface area contributed by atoms with E-state index in [4.69, 9.17) is 4.99 Å². The standard InChI is InChI=1S/C22H35N5OS/c1-2-23-22(24-10-13-26-11-8-20-18(15-26)9-14-29-20)25-19-7-12-27(16-19)21(28)17-5-3-4-6-17/h9,14,17,19H,2-8,10-13,15-16H2,1H3,(H2,23,24,25). The number of nitrogens with one attached hydrogen (secondary N) is 2. The Kier molecular flexibility index (Phi) is 7.08. The van der Waals surface area contributed by atoms with Crippen molar-refractivity contribution in [2.24, 2.45) is 10.9 Å². The molecule has 3 aliphatic rings. The third-order valence-electron chi connectivity index (χ3n) is 6.46. The molecule has 1 atom stereocenters. The lowest BCUT2D eigenvalue weighted by molar-refractivity contribution is -0.134. The number of aliphatic imine (C=N–C) groups is 1. The molecule has 1 unspecified atom stereocenters. The van der Waals surface area contributed by atoms with Gasteiger partial charge < -0.3 is 15.5 Å². The number of fused-ring (bicyclic) bond motifs is 1. The lowest BCUT2D eigenvalue weighted by Crippen LogP contribution is -2.45. The molecule has 0 bridgehead atoms. The molecule has 1 aromatic heterocycles. The highest BCUT2D eigenvalue weighted by Gasteiger charge is 2.32. The predicted molar refractivity (Wildman–Crippen MR) is 119 cm³/mol. The van der Waals surface area contributed by atoms with E-state index < -0.39 is 0 Å². The van der Waals surface area contributed by atoms with Crippen LogP contribution >= 0.6 is 11.3 Å². The molecule has 1 aromatic rings. The fourth-order valence-corrected chi connectivity index (χ4v) is 5.71. The number of guanidine groups is 1. The van der Waals surface area contributed by atoms with Crippen LogP contribution in [0.3, 0.4) is 0 Å². The Bertz CT molecular complexity index is 712. The maximum absolute atomic E-state index is 12.7. The van der Waals surface area contributed by atoms with E-state index in [1.165, 1.54) is 24.8 Å². The summed E-state index contributed by atoms with van der Waals surface area (Å²) in [6, 6.07) is 2.57. The fraction of sp³-hybridized carbons (Fsp3) is 0.727. The summed E-state index contributed by atoms with van der Waals surface area (Å²) in [5.74, 6) is 1.55. The van der Waals surface area contributed by atoms with Crippen molar-refractivity contribution in [1.82, 2.24) is 20.4 Å². The third kappa shape index (κ3) is 5.31. The molecule has 2 N–H and O–H groups in total. The monoisotopic (exact) mass is 417 g/mol. The highest BCUT2D eigenvalue weighted by Crippen LogP contribution is 2.28. The van der Waals surface area contributed by atoms with Crippen LogP contribution in [0, 0.1) is 5.92 Å². The zero-order chi connectivity index (χ0) is 20.1. The van der Waals surface area contributed by atoms with Crippen molar-refractivity contribution in [2.45, 2.75) is 58.0 Å². The molecule has 1 amide bonds. The van der Waals surface area contributed by atoms with Gasteiger partial charge in [-0.1, -0.05) is 12.8 Å². The molecular formula is C22H35N5OS. The number of carbonyl (C=O) groups is 1. The minimum atomic E-state index is 0.281. The highest BCUT2D eigenvalue weighted by atomic mass is 32.1. The summed E-state index contributed by atoms with van der Waals surface area (Å²) in [4.78, 5) is 23.6. The summed E-state index contributed by atoms with van der Waals surface area (Å²) >= 11 is 1.89. The zero-order valence-electron chi connectivity index (χ0n) is 17.7. The Morgan fingerprint density at radius 1 is 1.28 bits per heavy atom. The van der Waals surface area contributed by atoms with Crippen LogP contribution in [0.2, 0.25) is 0 Å². The summed E-state index contributed by atoms with van der Waals surface area (Å²) in [5, 5.41) is 9.16. The van der Waals surface area contributed by atoms with Crippen molar-refractivity contribution in [3.63, 3.8) is 0 Å². The molecule has 0 radical (unpaired) electrons. The molecule has 29 heavy (non-hydrogen) atoms. The largest absolute Gasteiger partial charge is 0.357 e. The van der Waals surface area contributed by atoms with Gasteiger partial charge in [-0.3, -0.25) is 14.7 Å². The van der Waals surface area contributed by atoms with E-state index in [0.717, 1.165) is 71.0 Å². The number of rotatable bonds is 6. The number of hydrogen-bond acceptors (Lipinski definition) is 4. The Labute approximate surface area is 178 Å². The highest BCUT2D eigenvalue weighted by molar-refractivity contribution is 7.10. The second-order valence-electron chi connectivity index (χ2n) is 8.55. The average molecular weight is 418 g/mol. The summed E-state index contributed by atoms with van der Waals surface area (Å²) in [5.41, 5.74) is 1.49. The first kappa shape index (κ1) is 20.7. The molecule has 6 nitrogen and oxygen atoms in total. The zero-order valence-corrected chi connectivity index (χ0v) is 18.5. The number of likely N-dealkylation sites (tertiary alicyclic amines) is 1.